The molecule has 1 amide bonds. The highest BCUT2D eigenvalue weighted by atomic mass is 16.6. The molecule has 2 aliphatic heterocycles. The zero-order valence-electron chi connectivity index (χ0n) is 18.6. The molecule has 2 aliphatic rings. The second-order valence-electron chi connectivity index (χ2n) is 8.17. The van der Waals surface area contributed by atoms with E-state index in [0.29, 0.717) is 19.1 Å². The highest BCUT2D eigenvalue weighted by Gasteiger charge is 2.49. The minimum absolute atomic E-state index is 0.148. The summed E-state index contributed by atoms with van der Waals surface area (Å²) in [7, 11) is 0. The van der Waals surface area contributed by atoms with Crippen molar-refractivity contribution < 1.29 is 19.0 Å². The van der Waals surface area contributed by atoms with Gasteiger partial charge in [-0.1, -0.05) is 60.7 Å². The number of hydrogen-bond acceptors (Lipinski definition) is 7. The van der Waals surface area contributed by atoms with Crippen LogP contribution >= 0.6 is 0 Å². The van der Waals surface area contributed by atoms with Gasteiger partial charge in [0.15, 0.2) is 6.10 Å². The molecular formula is C26H26N4O4. The summed E-state index contributed by atoms with van der Waals surface area (Å²) in [6.07, 6.45) is 1.76. The summed E-state index contributed by atoms with van der Waals surface area (Å²) in [6.45, 7) is 4.60. The predicted octanol–water partition coefficient (Wildman–Crippen LogP) is 3.67. The Bertz CT molecular complexity index is 1140. The molecule has 8 heteroatoms. The summed E-state index contributed by atoms with van der Waals surface area (Å²) in [5.41, 5.74) is 4.15. The Kier molecular flexibility index (Phi) is 6.51. The molecule has 2 fully saturated rings. The number of carbonyl (C=O) groups is 1. The van der Waals surface area contributed by atoms with Gasteiger partial charge in [-0.05, 0) is 17.2 Å². The molecule has 0 spiro atoms. The van der Waals surface area contributed by atoms with Crippen LogP contribution in [0.1, 0.15) is 0 Å². The lowest BCUT2D eigenvalue weighted by molar-refractivity contribution is 0.00475. The van der Waals surface area contributed by atoms with E-state index in [1.54, 1.807) is 12.3 Å². The maximum absolute atomic E-state index is 11.9. The first-order valence-electron chi connectivity index (χ1n) is 11.3. The molecule has 174 valence electrons. The monoisotopic (exact) mass is 458 g/mol. The number of ether oxygens (including phenoxy) is 3. The summed E-state index contributed by atoms with van der Waals surface area (Å²) in [5, 5.41) is 5.92. The SMILES string of the molecule is C=CCNC(=O)O[C@H]1CO[C@@H]2[C@@H]1OC[C@@H]2Nc1nccc(-c2ccc(-c3ccccc3)cc2)n1. The average Bonchev–Trinajstić information content (AvgIpc) is 3.47. The molecule has 0 radical (unpaired) electrons. The number of nitrogens with zero attached hydrogens (tertiary/aromatic N) is 2. The standard InChI is InChI=1S/C26H26N4O4/c1-2-13-28-26(31)34-22-16-33-23-21(15-32-24(22)23)30-25-27-14-12-20(29-25)19-10-8-18(9-11-19)17-6-4-3-5-7-17/h2-12,14,21-24H,1,13,15-16H2,(H,28,31)(H,27,29,30)/t21-,22-,23-,24+/m0/s1. The van der Waals surface area contributed by atoms with E-state index < -0.39 is 12.2 Å². The van der Waals surface area contributed by atoms with Gasteiger partial charge in [-0.25, -0.2) is 14.8 Å². The number of anilines is 1. The van der Waals surface area contributed by atoms with Crippen LogP contribution in [0.4, 0.5) is 10.7 Å². The number of hydrogen-bond donors (Lipinski definition) is 2. The van der Waals surface area contributed by atoms with Crippen LogP contribution in [0, 0.1) is 0 Å². The molecule has 4 atom stereocenters. The van der Waals surface area contributed by atoms with Crippen molar-refractivity contribution in [3.05, 3.63) is 79.5 Å². The van der Waals surface area contributed by atoms with Crippen molar-refractivity contribution in [3.8, 4) is 22.4 Å². The minimum atomic E-state index is -0.511. The van der Waals surface area contributed by atoms with Gasteiger partial charge in [-0.3, -0.25) is 0 Å². The Morgan fingerprint density at radius 3 is 2.53 bits per heavy atom. The molecule has 8 nitrogen and oxygen atoms in total. The average molecular weight is 459 g/mol. The molecule has 0 saturated carbocycles. The van der Waals surface area contributed by atoms with Crippen LogP contribution in [-0.4, -0.2) is 60.2 Å². The Labute approximate surface area is 198 Å². The Morgan fingerprint density at radius 2 is 1.74 bits per heavy atom. The fourth-order valence-corrected chi connectivity index (χ4v) is 4.24. The molecule has 34 heavy (non-hydrogen) atoms. The summed E-state index contributed by atoms with van der Waals surface area (Å²) >= 11 is 0. The Hall–Kier alpha value is -3.75. The molecule has 0 unspecified atom stereocenters. The van der Waals surface area contributed by atoms with Crippen LogP contribution in [0.25, 0.3) is 22.4 Å². The first-order chi connectivity index (χ1) is 16.7. The third kappa shape index (κ3) is 4.78. The van der Waals surface area contributed by atoms with Gasteiger partial charge < -0.3 is 24.8 Å². The van der Waals surface area contributed by atoms with E-state index in [1.807, 2.05) is 24.3 Å². The number of carbonyl (C=O) groups excluding carboxylic acids is 1. The fraction of sp³-hybridized carbons (Fsp3) is 0.269. The molecule has 2 saturated heterocycles. The maximum Gasteiger partial charge on any atom is 0.407 e. The van der Waals surface area contributed by atoms with Crippen molar-refractivity contribution in [2.75, 3.05) is 25.1 Å². The molecule has 0 aliphatic carbocycles. The molecule has 3 heterocycles. The highest BCUT2D eigenvalue weighted by molar-refractivity contribution is 5.69. The smallest absolute Gasteiger partial charge is 0.407 e. The lowest BCUT2D eigenvalue weighted by atomic mass is 10.0. The van der Waals surface area contributed by atoms with Crippen molar-refractivity contribution in [3.63, 3.8) is 0 Å². The molecule has 1 aromatic heterocycles. The van der Waals surface area contributed by atoms with Gasteiger partial charge in [0.05, 0.1) is 24.9 Å². The quantitative estimate of drug-likeness (QED) is 0.522. The summed E-state index contributed by atoms with van der Waals surface area (Å²) in [6, 6.07) is 20.3. The summed E-state index contributed by atoms with van der Waals surface area (Å²) in [5.74, 6) is 0.496. The van der Waals surface area contributed by atoms with E-state index in [-0.39, 0.29) is 24.9 Å². The molecule has 5 rings (SSSR count). The maximum atomic E-state index is 11.9. The van der Waals surface area contributed by atoms with Gasteiger partial charge in [0, 0.05) is 18.3 Å². The first kappa shape index (κ1) is 22.1. The second-order valence-corrected chi connectivity index (χ2v) is 8.17. The number of amides is 1. The lowest BCUT2D eigenvalue weighted by Crippen LogP contribution is -2.39. The zero-order chi connectivity index (χ0) is 23.3. The lowest BCUT2D eigenvalue weighted by Gasteiger charge is -2.18. The third-order valence-electron chi connectivity index (χ3n) is 5.91. The van der Waals surface area contributed by atoms with Crippen LogP contribution in [0.5, 0.6) is 0 Å². The molecule has 0 bridgehead atoms. The van der Waals surface area contributed by atoms with E-state index in [2.05, 4.69) is 63.6 Å². The topological polar surface area (TPSA) is 94.6 Å². The largest absolute Gasteiger partial charge is 0.441 e. The van der Waals surface area contributed by atoms with E-state index in [0.717, 1.165) is 16.8 Å². The van der Waals surface area contributed by atoms with Crippen LogP contribution in [0.15, 0.2) is 79.5 Å². The summed E-state index contributed by atoms with van der Waals surface area (Å²) in [4.78, 5) is 20.9. The number of fused-ring (bicyclic) bond motifs is 1. The Balaban J connectivity index is 1.23. The van der Waals surface area contributed by atoms with Crippen molar-refractivity contribution in [2.45, 2.75) is 24.4 Å². The van der Waals surface area contributed by atoms with Crippen molar-refractivity contribution in [1.29, 1.82) is 0 Å². The predicted molar refractivity (Wildman–Crippen MR) is 128 cm³/mol. The molecular weight excluding hydrogens is 432 g/mol. The van der Waals surface area contributed by atoms with Crippen molar-refractivity contribution in [2.24, 2.45) is 0 Å². The van der Waals surface area contributed by atoms with E-state index >= 15 is 0 Å². The van der Waals surface area contributed by atoms with Gasteiger partial charge in [-0.2, -0.15) is 0 Å². The zero-order valence-corrected chi connectivity index (χ0v) is 18.6. The van der Waals surface area contributed by atoms with Crippen LogP contribution in [-0.2, 0) is 14.2 Å². The number of aromatic nitrogens is 2. The first-order valence-corrected chi connectivity index (χ1v) is 11.3. The van der Waals surface area contributed by atoms with Gasteiger partial charge in [-0.15, -0.1) is 6.58 Å². The van der Waals surface area contributed by atoms with Gasteiger partial charge in [0.2, 0.25) is 5.95 Å². The van der Waals surface area contributed by atoms with Crippen LogP contribution < -0.4 is 10.6 Å². The number of rotatable bonds is 7. The van der Waals surface area contributed by atoms with Gasteiger partial charge in [0.25, 0.3) is 0 Å². The number of benzene rings is 2. The summed E-state index contributed by atoms with van der Waals surface area (Å²) < 4.78 is 17.2. The number of nitrogens with one attached hydrogen (secondary N) is 2. The highest BCUT2D eigenvalue weighted by Crippen LogP contribution is 2.31. The molecule has 2 N–H and O–H groups in total. The Morgan fingerprint density at radius 1 is 1.00 bits per heavy atom. The normalized spacial score (nSPS) is 23.2. The van der Waals surface area contributed by atoms with E-state index in [1.165, 1.54) is 5.56 Å². The third-order valence-corrected chi connectivity index (χ3v) is 5.91. The van der Waals surface area contributed by atoms with Crippen LogP contribution in [0.3, 0.4) is 0 Å². The number of alkyl carbamates (subject to hydrolysis) is 1. The van der Waals surface area contributed by atoms with Crippen molar-refractivity contribution >= 4 is 12.0 Å². The van der Waals surface area contributed by atoms with Gasteiger partial charge in [0.1, 0.15) is 12.2 Å². The molecule has 3 aromatic rings. The van der Waals surface area contributed by atoms with Gasteiger partial charge >= 0.3 is 6.09 Å². The fourth-order valence-electron chi connectivity index (χ4n) is 4.24. The van der Waals surface area contributed by atoms with Crippen molar-refractivity contribution in [1.82, 2.24) is 15.3 Å². The minimum Gasteiger partial charge on any atom is -0.441 e. The van der Waals surface area contributed by atoms with E-state index in [4.69, 9.17) is 14.2 Å². The second kappa shape index (κ2) is 10.0. The van der Waals surface area contributed by atoms with E-state index in [9.17, 15) is 4.79 Å². The molecule has 2 aromatic carbocycles. The van der Waals surface area contributed by atoms with Crippen LogP contribution in [0.2, 0.25) is 0 Å².